The number of ether oxygens (including phenoxy) is 1. The molecule has 0 spiro atoms. The molecule has 1 aliphatic heterocycles. The van der Waals surface area contributed by atoms with Gasteiger partial charge in [0.1, 0.15) is 6.61 Å². The highest BCUT2D eigenvalue weighted by molar-refractivity contribution is 7.13. The smallest absolute Gasteiger partial charge is 0.244 e. The number of hydrogen-bond acceptors (Lipinski definition) is 8. The van der Waals surface area contributed by atoms with Crippen molar-refractivity contribution < 1.29 is 14.1 Å². The van der Waals surface area contributed by atoms with Gasteiger partial charge in [-0.15, -0.1) is 11.3 Å². The molecule has 23 heavy (non-hydrogen) atoms. The molecule has 1 amide bonds. The van der Waals surface area contributed by atoms with Gasteiger partial charge in [0.25, 0.3) is 0 Å². The van der Waals surface area contributed by atoms with Crippen LogP contribution < -0.4 is 5.32 Å². The summed E-state index contributed by atoms with van der Waals surface area (Å²) in [6.07, 6.45) is 4.70. The molecule has 2 aromatic rings. The van der Waals surface area contributed by atoms with Crippen molar-refractivity contribution >= 4 is 22.4 Å². The van der Waals surface area contributed by atoms with E-state index in [0.29, 0.717) is 23.5 Å². The van der Waals surface area contributed by atoms with Crippen LogP contribution in [0.5, 0.6) is 0 Å². The van der Waals surface area contributed by atoms with Gasteiger partial charge in [-0.2, -0.15) is 4.98 Å². The lowest BCUT2D eigenvalue weighted by molar-refractivity contribution is -0.118. The minimum absolute atomic E-state index is 0.0242. The van der Waals surface area contributed by atoms with Crippen molar-refractivity contribution in [2.75, 3.05) is 25.5 Å². The number of thiazole rings is 1. The predicted octanol–water partition coefficient (Wildman–Crippen LogP) is 1.84. The van der Waals surface area contributed by atoms with Crippen molar-refractivity contribution in [3.63, 3.8) is 0 Å². The van der Waals surface area contributed by atoms with Gasteiger partial charge in [0.15, 0.2) is 11.0 Å². The van der Waals surface area contributed by atoms with Gasteiger partial charge < -0.3 is 14.6 Å². The predicted molar refractivity (Wildman–Crippen MR) is 83.9 cm³/mol. The second-order valence-corrected chi connectivity index (χ2v) is 6.24. The second kappa shape index (κ2) is 7.62. The maximum atomic E-state index is 12.2. The maximum Gasteiger partial charge on any atom is 0.244 e. The van der Waals surface area contributed by atoms with Crippen LogP contribution in [0.3, 0.4) is 0 Å². The Labute approximate surface area is 137 Å². The summed E-state index contributed by atoms with van der Waals surface area (Å²) in [4.78, 5) is 22.7. The number of methoxy groups -OCH3 is 1. The fourth-order valence-electron chi connectivity index (χ4n) is 2.68. The third-order valence-electron chi connectivity index (χ3n) is 3.68. The summed E-state index contributed by atoms with van der Waals surface area (Å²) in [7, 11) is 1.59. The van der Waals surface area contributed by atoms with Crippen molar-refractivity contribution in [1.29, 1.82) is 0 Å². The molecular weight excluding hydrogens is 318 g/mol. The Morgan fingerprint density at radius 3 is 3.26 bits per heavy atom. The van der Waals surface area contributed by atoms with Crippen LogP contribution in [-0.2, 0) is 16.1 Å². The summed E-state index contributed by atoms with van der Waals surface area (Å²) in [5.41, 5.74) is 0. The first-order valence-corrected chi connectivity index (χ1v) is 8.39. The zero-order valence-corrected chi connectivity index (χ0v) is 13.7. The second-order valence-electron chi connectivity index (χ2n) is 5.35. The minimum atomic E-state index is -0.0801. The SMILES string of the molecule is COCc1noc(C2CCCCN2CC(=O)Nc2nccs2)n1. The van der Waals surface area contributed by atoms with E-state index in [2.05, 4.69) is 25.3 Å². The summed E-state index contributed by atoms with van der Waals surface area (Å²) >= 11 is 1.40. The Balaban J connectivity index is 1.64. The molecule has 124 valence electrons. The highest BCUT2D eigenvalue weighted by Gasteiger charge is 2.30. The van der Waals surface area contributed by atoms with Crippen molar-refractivity contribution in [2.45, 2.75) is 31.9 Å². The van der Waals surface area contributed by atoms with Crippen LogP contribution in [0.1, 0.15) is 37.0 Å². The van der Waals surface area contributed by atoms with Gasteiger partial charge >= 0.3 is 0 Å². The normalized spacial score (nSPS) is 18.9. The van der Waals surface area contributed by atoms with Gasteiger partial charge in [0.05, 0.1) is 12.6 Å². The number of carbonyl (C=O) groups excluding carboxylic acids is 1. The van der Waals surface area contributed by atoms with Gasteiger partial charge in [-0.1, -0.05) is 11.6 Å². The number of likely N-dealkylation sites (tertiary alicyclic amines) is 1. The molecule has 1 aliphatic rings. The Morgan fingerprint density at radius 1 is 1.57 bits per heavy atom. The monoisotopic (exact) mass is 337 g/mol. The van der Waals surface area contributed by atoms with E-state index in [1.54, 1.807) is 13.3 Å². The zero-order valence-electron chi connectivity index (χ0n) is 12.9. The number of carbonyl (C=O) groups is 1. The summed E-state index contributed by atoms with van der Waals surface area (Å²) in [5.74, 6) is 1.00. The number of aromatic nitrogens is 3. The standard InChI is InChI=1S/C14H19N5O3S/c1-21-9-11-16-13(22-18-11)10-4-2-3-6-19(10)8-12(20)17-14-15-5-7-23-14/h5,7,10H,2-4,6,8-9H2,1H3,(H,15,17,20). The molecule has 2 aromatic heterocycles. The first-order chi connectivity index (χ1) is 11.3. The van der Waals surface area contributed by atoms with Gasteiger partial charge in [-0.3, -0.25) is 9.69 Å². The Hall–Kier alpha value is -1.84. The summed E-state index contributed by atoms with van der Waals surface area (Å²) in [6.45, 7) is 1.44. The lowest BCUT2D eigenvalue weighted by Gasteiger charge is -2.32. The highest BCUT2D eigenvalue weighted by atomic mass is 32.1. The molecule has 0 radical (unpaired) electrons. The number of rotatable bonds is 6. The highest BCUT2D eigenvalue weighted by Crippen LogP contribution is 2.29. The molecule has 0 saturated carbocycles. The van der Waals surface area contributed by atoms with E-state index in [4.69, 9.17) is 9.26 Å². The lowest BCUT2D eigenvalue weighted by atomic mass is 10.0. The van der Waals surface area contributed by atoms with Crippen LogP contribution in [-0.4, -0.2) is 46.1 Å². The van der Waals surface area contributed by atoms with Crippen LogP contribution in [0.4, 0.5) is 5.13 Å². The van der Waals surface area contributed by atoms with E-state index in [0.717, 1.165) is 25.8 Å². The first kappa shape index (κ1) is 16.0. The first-order valence-electron chi connectivity index (χ1n) is 7.51. The fraction of sp³-hybridized carbons (Fsp3) is 0.571. The molecule has 3 rings (SSSR count). The molecule has 1 unspecified atom stereocenters. The molecule has 1 fully saturated rings. The number of nitrogens with zero attached hydrogens (tertiary/aromatic N) is 4. The number of nitrogens with one attached hydrogen (secondary N) is 1. The summed E-state index contributed by atoms with van der Waals surface area (Å²) in [6, 6.07) is -0.0242. The van der Waals surface area contributed by atoms with Crippen LogP contribution in [0, 0.1) is 0 Å². The van der Waals surface area contributed by atoms with Crippen molar-refractivity contribution in [2.24, 2.45) is 0 Å². The Morgan fingerprint density at radius 2 is 2.48 bits per heavy atom. The number of anilines is 1. The third-order valence-corrected chi connectivity index (χ3v) is 4.37. The molecule has 0 aromatic carbocycles. The average Bonchev–Trinajstić information content (AvgIpc) is 3.20. The van der Waals surface area contributed by atoms with E-state index in [-0.39, 0.29) is 18.5 Å². The van der Waals surface area contributed by atoms with E-state index < -0.39 is 0 Å². The van der Waals surface area contributed by atoms with Crippen molar-refractivity contribution in [3.05, 3.63) is 23.3 Å². The topological polar surface area (TPSA) is 93.4 Å². The van der Waals surface area contributed by atoms with E-state index in [1.807, 2.05) is 5.38 Å². The number of hydrogen-bond donors (Lipinski definition) is 1. The van der Waals surface area contributed by atoms with Gasteiger partial charge in [-0.25, -0.2) is 4.98 Å². The fourth-order valence-corrected chi connectivity index (χ4v) is 3.22. The Bertz CT molecular complexity index is 630. The van der Waals surface area contributed by atoms with Crippen LogP contribution in [0.2, 0.25) is 0 Å². The lowest BCUT2D eigenvalue weighted by Crippen LogP contribution is -2.39. The van der Waals surface area contributed by atoms with Crippen molar-refractivity contribution in [1.82, 2.24) is 20.0 Å². The molecule has 0 aliphatic carbocycles. The molecule has 0 bridgehead atoms. The molecule has 8 nitrogen and oxygen atoms in total. The van der Waals surface area contributed by atoms with E-state index >= 15 is 0 Å². The van der Waals surface area contributed by atoms with E-state index in [9.17, 15) is 4.79 Å². The molecular formula is C14H19N5O3S. The minimum Gasteiger partial charge on any atom is -0.377 e. The third kappa shape index (κ3) is 4.12. The molecule has 3 heterocycles. The van der Waals surface area contributed by atoms with Crippen LogP contribution in [0.15, 0.2) is 16.1 Å². The Kier molecular flexibility index (Phi) is 5.31. The number of piperidine rings is 1. The molecule has 1 saturated heterocycles. The maximum absolute atomic E-state index is 12.2. The molecule has 9 heteroatoms. The van der Waals surface area contributed by atoms with Gasteiger partial charge in [0, 0.05) is 18.7 Å². The molecule has 1 N–H and O–H groups in total. The molecule has 1 atom stereocenters. The van der Waals surface area contributed by atoms with Crippen molar-refractivity contribution in [3.8, 4) is 0 Å². The van der Waals surface area contributed by atoms with Crippen LogP contribution in [0.25, 0.3) is 0 Å². The largest absolute Gasteiger partial charge is 0.377 e. The zero-order chi connectivity index (χ0) is 16.1. The summed E-state index contributed by atoms with van der Waals surface area (Å²) in [5, 5.41) is 9.16. The van der Waals surface area contributed by atoms with Crippen LogP contribution >= 0.6 is 11.3 Å². The van der Waals surface area contributed by atoms with Gasteiger partial charge in [-0.05, 0) is 19.4 Å². The quantitative estimate of drug-likeness (QED) is 0.859. The summed E-state index contributed by atoms with van der Waals surface area (Å²) < 4.78 is 10.4. The van der Waals surface area contributed by atoms with Gasteiger partial charge in [0.2, 0.25) is 11.8 Å². The average molecular weight is 337 g/mol. The number of amides is 1. The van der Waals surface area contributed by atoms with E-state index in [1.165, 1.54) is 11.3 Å².